The fourth-order valence-corrected chi connectivity index (χ4v) is 15.2. The molecule has 7 amide bonds. The molecule has 3 aromatic rings. The monoisotopic (exact) mass is 1660 g/mol. The SMILES string of the molecule is CC[C@H](C)[C@@H]1CC(=O)[C@H](C(C)C)CC(=O)[C@H]([C@@H](C)CC)NC(=O)[C@H](Cc2ccccc2)CC(=O)[C@H](Cc2ccccc2)NC(=O)CSC[C@@H](C(=O)CCC(N)=O)NC(=O)[C@H](CCCN=C(N)N)CC(=O)[C@H](Cc2ccccc2)NC(=O)[C@H](C(C)C)CC(=O)[C@H](CCCN=C(N)N)NC(=O)[C@H](CC(=O)O)NC(=O)[C@H](CCCCC(=N)N)CC1=O. The van der Waals surface area contributed by atoms with Crippen LogP contribution in [0.4, 0.5) is 0 Å². The number of nitrogens with one attached hydrogen (secondary N) is 7. The van der Waals surface area contributed by atoms with E-state index in [1.165, 1.54) is 0 Å². The molecule has 118 heavy (non-hydrogen) atoms. The number of aliphatic carboxylic acids is 1. The van der Waals surface area contributed by atoms with E-state index in [4.69, 9.17) is 39.8 Å². The van der Waals surface area contributed by atoms with Crippen molar-refractivity contribution in [2.45, 2.75) is 233 Å². The van der Waals surface area contributed by atoms with Crippen LogP contribution in [0.1, 0.15) is 194 Å². The Morgan fingerprint density at radius 1 is 0.449 bits per heavy atom. The second-order valence-electron chi connectivity index (χ2n) is 31.8. The van der Waals surface area contributed by atoms with Gasteiger partial charge in [-0.05, 0) is 98.1 Å². The van der Waals surface area contributed by atoms with Crippen molar-refractivity contribution >= 4 is 117 Å². The van der Waals surface area contributed by atoms with Gasteiger partial charge in [-0.1, -0.05) is 166 Å². The highest BCUT2D eigenvalue weighted by molar-refractivity contribution is 8.00. The molecule has 20 N–H and O–H groups in total. The lowest BCUT2D eigenvalue weighted by atomic mass is 9.75. The number of guanidine groups is 2. The number of primary amides is 1. The maximum absolute atomic E-state index is 15.2. The van der Waals surface area contributed by atoms with Crippen LogP contribution in [0.15, 0.2) is 101 Å². The third-order valence-corrected chi connectivity index (χ3v) is 22.8. The summed E-state index contributed by atoms with van der Waals surface area (Å²) in [5.74, 6) is -21.8. The van der Waals surface area contributed by atoms with Crippen molar-refractivity contribution in [1.82, 2.24) is 31.9 Å². The van der Waals surface area contributed by atoms with E-state index < -0.39 is 234 Å². The van der Waals surface area contributed by atoms with E-state index in [2.05, 4.69) is 41.9 Å². The number of benzene rings is 3. The number of carboxylic acid groups (broad SMARTS) is 1. The number of amidine groups is 1. The van der Waals surface area contributed by atoms with Crippen LogP contribution < -0.4 is 66.3 Å². The van der Waals surface area contributed by atoms with E-state index in [0.717, 1.165) is 11.8 Å². The molecular formula is C86H127N15O16S. The molecule has 14 atom stereocenters. The highest BCUT2D eigenvalue weighted by atomic mass is 32.2. The fraction of sp³-hybridized carbons (Fsp3) is 0.581. The molecule has 1 aliphatic rings. The number of aliphatic imine (C=N–C) groups is 2. The number of hydrogen-bond donors (Lipinski definition) is 14. The van der Waals surface area contributed by atoms with Crippen LogP contribution in [0.3, 0.4) is 0 Å². The number of thioether (sulfide) groups is 1. The van der Waals surface area contributed by atoms with Crippen molar-refractivity contribution in [2.75, 3.05) is 24.6 Å². The van der Waals surface area contributed by atoms with E-state index >= 15 is 33.6 Å². The average Bonchev–Trinajstić information content (AvgIpc) is 0.839. The summed E-state index contributed by atoms with van der Waals surface area (Å²) in [5.41, 5.74) is 35.7. The van der Waals surface area contributed by atoms with E-state index in [0.29, 0.717) is 36.0 Å². The standard InChI is InChI=1S/C86H127N15O16S/c1-9-52(7)62-46-70(104)60(50(3)4)44-74(108)79(53(8)10-2)101-82(115)59(38-54-24-14-11-15-25-54)43-72(106)64(39-55-26-16-12-17-27-55)96-77(110)49-118-48-67(68(102)34-35-76(89)109)100-81(114)58(31-22-36-94-85(90)91)42-71(105)65(40-56-28-18-13-19-29-56)98-83(116)61(51(5)6)45-73(107)63(32-23-37-95-86(92)93)97-84(117)66(47-78(111)112)99-80(113)57(41-69(62)103)30-20-21-33-75(87)88/h11-19,24-29,50-53,57-67,79H,9-10,20-23,30-49H2,1-8H3,(H3,87,88)(H2,89,109)(H,96,110)(H,97,117)(H,98,116)(H,99,113)(H,100,114)(H,101,115)(H,111,112)(H4,90,91,94)(H4,92,93,95)/t52-,53-,57+,58+,59+,60-,61-,62-,63-,64-,65-,66-,67-,79-/m0/s1. The summed E-state index contributed by atoms with van der Waals surface area (Å²) in [7, 11) is 0. The zero-order valence-corrected chi connectivity index (χ0v) is 70.4. The van der Waals surface area contributed by atoms with Crippen LogP contribution in [0.5, 0.6) is 0 Å². The Labute approximate surface area is 697 Å². The number of carboxylic acids is 1. The van der Waals surface area contributed by atoms with E-state index in [1.54, 1.807) is 133 Å². The number of nitrogens with zero attached hydrogens (tertiary/aromatic N) is 2. The van der Waals surface area contributed by atoms with Crippen molar-refractivity contribution < 1.29 is 77.0 Å². The minimum Gasteiger partial charge on any atom is -0.481 e. The Kier molecular flexibility index (Phi) is 44.3. The number of amides is 7. The molecule has 0 bridgehead atoms. The highest BCUT2D eigenvalue weighted by Crippen LogP contribution is 2.32. The molecule has 1 saturated heterocycles. The average molecular weight is 1660 g/mol. The molecule has 0 aromatic heterocycles. The molecule has 3 aromatic carbocycles. The van der Waals surface area contributed by atoms with Crippen LogP contribution >= 0.6 is 11.8 Å². The van der Waals surface area contributed by atoms with Crippen molar-refractivity contribution in [2.24, 2.45) is 104 Å². The Balaban J connectivity index is 1.98. The van der Waals surface area contributed by atoms with Gasteiger partial charge in [0.25, 0.3) is 0 Å². The molecule has 4 rings (SSSR count). The van der Waals surface area contributed by atoms with Crippen molar-refractivity contribution in [3.8, 4) is 0 Å². The summed E-state index contributed by atoms with van der Waals surface area (Å²) in [6.45, 7) is 13.9. The quantitative estimate of drug-likeness (QED) is 0.0225. The second kappa shape index (κ2) is 52.3. The van der Waals surface area contributed by atoms with E-state index in [-0.39, 0.29) is 114 Å². The van der Waals surface area contributed by atoms with E-state index in [9.17, 15) is 43.5 Å². The predicted octanol–water partition coefficient (Wildman–Crippen LogP) is 5.14. The fourth-order valence-electron chi connectivity index (χ4n) is 14.3. The number of hydrogen-bond acceptors (Lipinski definition) is 19. The van der Waals surface area contributed by atoms with Crippen LogP contribution in [0.25, 0.3) is 0 Å². The van der Waals surface area contributed by atoms with Crippen LogP contribution in [0, 0.1) is 64.6 Å². The van der Waals surface area contributed by atoms with Gasteiger partial charge >= 0.3 is 5.97 Å². The van der Waals surface area contributed by atoms with Gasteiger partial charge < -0.3 is 71.4 Å². The summed E-state index contributed by atoms with van der Waals surface area (Å²) in [4.78, 5) is 227. The highest BCUT2D eigenvalue weighted by Gasteiger charge is 2.41. The predicted molar refractivity (Wildman–Crippen MR) is 453 cm³/mol. The molecule has 0 radical (unpaired) electrons. The molecule has 31 nitrogen and oxygen atoms in total. The lowest BCUT2D eigenvalue weighted by molar-refractivity contribution is -0.142. The number of carbonyl (C=O) groups is 15. The van der Waals surface area contributed by atoms with Crippen LogP contribution in [-0.4, -0.2) is 172 Å². The molecule has 0 spiro atoms. The zero-order valence-electron chi connectivity index (χ0n) is 69.6. The van der Waals surface area contributed by atoms with Gasteiger partial charge in [0.05, 0.1) is 48.2 Å². The first-order valence-electron chi connectivity index (χ1n) is 41.0. The normalized spacial score (nSPS) is 23.6. The number of ketones is 7. The first kappa shape index (κ1) is 99.8. The molecule has 0 unspecified atom stereocenters. The van der Waals surface area contributed by atoms with Gasteiger partial charge in [-0.2, -0.15) is 0 Å². The smallest absolute Gasteiger partial charge is 0.305 e. The number of Topliss-reactive ketones (excluding diaryl/α,β-unsaturated/α-hetero) is 7. The third-order valence-electron chi connectivity index (χ3n) is 21.8. The number of rotatable bonds is 31. The third kappa shape index (κ3) is 36.5. The molecular weight excluding hydrogens is 1530 g/mol. The van der Waals surface area contributed by atoms with E-state index in [1.807, 2.05) is 13.8 Å². The molecule has 1 aliphatic heterocycles. The van der Waals surface area contributed by atoms with Crippen LogP contribution in [-0.2, 0) is 91.2 Å². The van der Waals surface area contributed by atoms with Crippen LogP contribution in [0.2, 0.25) is 0 Å². The Hall–Kier alpha value is -10.5. The van der Waals surface area contributed by atoms with Crippen molar-refractivity contribution in [1.29, 1.82) is 5.41 Å². The lowest BCUT2D eigenvalue weighted by Crippen LogP contribution is -2.54. The topological polar surface area (TPSA) is 553 Å². The minimum absolute atomic E-state index is 0.00587. The summed E-state index contributed by atoms with van der Waals surface area (Å²) < 4.78 is 0. The van der Waals surface area contributed by atoms with Gasteiger partial charge in [-0.15, -0.1) is 11.8 Å². The zero-order chi connectivity index (χ0) is 87.7. The number of unbranched alkanes of at least 4 members (excludes halogenated alkanes) is 1. The second-order valence-corrected chi connectivity index (χ2v) is 32.9. The molecule has 0 aliphatic carbocycles. The lowest BCUT2D eigenvalue weighted by Gasteiger charge is -2.30. The number of nitrogens with two attached hydrogens (primary N) is 6. The van der Waals surface area contributed by atoms with Crippen molar-refractivity contribution in [3.05, 3.63) is 108 Å². The minimum atomic E-state index is -1.89. The van der Waals surface area contributed by atoms with Gasteiger partial charge in [-0.25, -0.2) is 0 Å². The number of carbonyl (C=O) groups excluding carboxylic acids is 14. The van der Waals surface area contributed by atoms with Gasteiger partial charge in [0, 0.05) is 112 Å². The Morgan fingerprint density at radius 2 is 0.890 bits per heavy atom. The summed E-state index contributed by atoms with van der Waals surface area (Å²) in [5, 5.41) is 34.8. The van der Waals surface area contributed by atoms with Gasteiger partial charge in [-0.3, -0.25) is 87.3 Å². The summed E-state index contributed by atoms with van der Waals surface area (Å²) in [6.07, 6.45) is -3.59. The molecule has 0 saturated carbocycles. The maximum atomic E-state index is 15.2. The van der Waals surface area contributed by atoms with Gasteiger partial charge in [0.1, 0.15) is 17.6 Å². The Morgan fingerprint density at radius 3 is 1.40 bits per heavy atom. The van der Waals surface area contributed by atoms with Gasteiger partial charge in [0.15, 0.2) is 40.8 Å². The largest absolute Gasteiger partial charge is 0.481 e. The first-order valence-corrected chi connectivity index (χ1v) is 42.2. The molecule has 32 heteroatoms. The maximum Gasteiger partial charge on any atom is 0.305 e. The summed E-state index contributed by atoms with van der Waals surface area (Å²) >= 11 is 0.905. The molecule has 648 valence electrons. The molecule has 1 fully saturated rings. The summed E-state index contributed by atoms with van der Waals surface area (Å²) in [6, 6.07) is 17.6. The first-order chi connectivity index (χ1) is 55.9. The van der Waals surface area contributed by atoms with Crippen molar-refractivity contribution in [3.63, 3.8) is 0 Å². The molecule has 1 heterocycles. The Bertz CT molecular complexity index is 3930. The van der Waals surface area contributed by atoms with Gasteiger partial charge in [0.2, 0.25) is 41.4 Å².